The van der Waals surface area contributed by atoms with E-state index in [0.717, 1.165) is 43.8 Å². The third kappa shape index (κ3) is 3.71. The van der Waals surface area contributed by atoms with Crippen molar-refractivity contribution in [3.8, 4) is 0 Å². The largest absolute Gasteiger partial charge is 0.355 e. The number of benzene rings is 1. The Bertz CT molecular complexity index is 935. The van der Waals surface area contributed by atoms with Crippen LogP contribution >= 0.6 is 0 Å². The molecular formula is C21H25N5O. The fourth-order valence-corrected chi connectivity index (χ4v) is 3.81. The van der Waals surface area contributed by atoms with Gasteiger partial charge in [0.05, 0.1) is 6.04 Å². The van der Waals surface area contributed by atoms with Gasteiger partial charge in [-0.1, -0.05) is 37.3 Å². The van der Waals surface area contributed by atoms with E-state index >= 15 is 0 Å². The van der Waals surface area contributed by atoms with Crippen molar-refractivity contribution in [2.75, 3.05) is 13.1 Å². The Morgan fingerprint density at radius 1 is 1.15 bits per heavy atom. The van der Waals surface area contributed by atoms with Gasteiger partial charge in [0.15, 0.2) is 5.65 Å². The summed E-state index contributed by atoms with van der Waals surface area (Å²) in [6.45, 7) is 4.48. The number of nitrogens with zero attached hydrogens (tertiary/aromatic N) is 4. The summed E-state index contributed by atoms with van der Waals surface area (Å²) in [7, 11) is 0. The van der Waals surface area contributed by atoms with Crippen LogP contribution in [0.15, 0.2) is 48.7 Å². The number of carbonyl (C=O) groups excluding carboxylic acids is 1. The summed E-state index contributed by atoms with van der Waals surface area (Å²) >= 11 is 0. The van der Waals surface area contributed by atoms with E-state index in [1.807, 2.05) is 28.8 Å². The summed E-state index contributed by atoms with van der Waals surface area (Å²) in [6, 6.07) is 14.2. The molecule has 0 unspecified atom stereocenters. The van der Waals surface area contributed by atoms with Crippen molar-refractivity contribution in [2.45, 2.75) is 38.8 Å². The lowest BCUT2D eigenvalue weighted by Gasteiger charge is -2.35. The van der Waals surface area contributed by atoms with Crippen LogP contribution in [0.3, 0.4) is 0 Å². The third-order valence-electron chi connectivity index (χ3n) is 5.32. The molecule has 0 bridgehead atoms. The van der Waals surface area contributed by atoms with E-state index in [9.17, 15) is 4.79 Å². The first kappa shape index (κ1) is 17.7. The van der Waals surface area contributed by atoms with Crippen molar-refractivity contribution in [3.63, 3.8) is 0 Å². The van der Waals surface area contributed by atoms with Crippen LogP contribution in [0.2, 0.25) is 0 Å². The summed E-state index contributed by atoms with van der Waals surface area (Å²) in [4.78, 5) is 15.0. The number of likely N-dealkylation sites (N-methyl/N-ethyl adjacent to an activating group) is 1. The van der Waals surface area contributed by atoms with E-state index in [1.165, 1.54) is 11.1 Å². The molecule has 3 aromatic rings. The highest BCUT2D eigenvalue weighted by Gasteiger charge is 2.30. The van der Waals surface area contributed by atoms with Crippen LogP contribution in [0.25, 0.3) is 5.65 Å². The van der Waals surface area contributed by atoms with Gasteiger partial charge >= 0.3 is 0 Å². The summed E-state index contributed by atoms with van der Waals surface area (Å²) in [6.07, 6.45) is 4.39. The van der Waals surface area contributed by atoms with Gasteiger partial charge in [-0.25, -0.2) is 0 Å². The van der Waals surface area contributed by atoms with Gasteiger partial charge < -0.3 is 5.32 Å². The Kier molecular flexibility index (Phi) is 5.16. The van der Waals surface area contributed by atoms with Gasteiger partial charge in [-0.2, -0.15) is 0 Å². The quantitative estimate of drug-likeness (QED) is 0.682. The van der Waals surface area contributed by atoms with Crippen LogP contribution in [-0.2, 0) is 24.2 Å². The van der Waals surface area contributed by atoms with Crippen molar-refractivity contribution in [3.05, 3.63) is 65.6 Å². The predicted octanol–water partition coefficient (Wildman–Crippen LogP) is 2.22. The number of hydrogen-bond acceptors (Lipinski definition) is 4. The van der Waals surface area contributed by atoms with E-state index in [0.29, 0.717) is 6.54 Å². The first-order valence-electron chi connectivity index (χ1n) is 9.63. The number of nitrogens with one attached hydrogen (secondary N) is 1. The van der Waals surface area contributed by atoms with E-state index in [-0.39, 0.29) is 11.9 Å². The van der Waals surface area contributed by atoms with Crippen LogP contribution in [0.4, 0.5) is 0 Å². The molecule has 1 amide bonds. The SMILES string of the molecule is CCN1Cc2ccccc2C[C@H]1C(=O)NCCCc1nnc2ccccn12. The number of aryl methyl sites for hydroxylation is 1. The molecule has 0 saturated heterocycles. The summed E-state index contributed by atoms with van der Waals surface area (Å²) in [5, 5.41) is 11.5. The lowest BCUT2D eigenvalue weighted by molar-refractivity contribution is -0.127. The van der Waals surface area contributed by atoms with Crippen LogP contribution in [0, 0.1) is 0 Å². The van der Waals surface area contributed by atoms with E-state index in [2.05, 4.69) is 51.6 Å². The Balaban J connectivity index is 1.32. The first-order chi connectivity index (χ1) is 13.3. The number of fused-ring (bicyclic) bond motifs is 2. The fraction of sp³-hybridized carbons (Fsp3) is 0.381. The normalized spacial score (nSPS) is 17.0. The van der Waals surface area contributed by atoms with Crippen LogP contribution in [-0.4, -0.2) is 44.5 Å². The van der Waals surface area contributed by atoms with E-state index < -0.39 is 0 Å². The smallest absolute Gasteiger partial charge is 0.237 e. The van der Waals surface area contributed by atoms with Crippen molar-refractivity contribution >= 4 is 11.6 Å². The van der Waals surface area contributed by atoms with Crippen molar-refractivity contribution < 1.29 is 4.79 Å². The van der Waals surface area contributed by atoms with Crippen LogP contribution in [0.5, 0.6) is 0 Å². The van der Waals surface area contributed by atoms with Gasteiger partial charge in [0.1, 0.15) is 5.82 Å². The number of aromatic nitrogens is 3. The van der Waals surface area contributed by atoms with Crippen molar-refractivity contribution in [2.24, 2.45) is 0 Å². The zero-order valence-electron chi connectivity index (χ0n) is 15.6. The second kappa shape index (κ2) is 7.88. The average molecular weight is 363 g/mol. The van der Waals surface area contributed by atoms with Gasteiger partial charge in [-0.05, 0) is 42.6 Å². The zero-order chi connectivity index (χ0) is 18.6. The lowest BCUT2D eigenvalue weighted by Crippen LogP contribution is -2.50. The molecule has 3 heterocycles. The molecule has 27 heavy (non-hydrogen) atoms. The molecule has 0 radical (unpaired) electrons. The minimum atomic E-state index is -0.0844. The molecule has 1 aliphatic rings. The summed E-state index contributed by atoms with van der Waals surface area (Å²) < 4.78 is 2.00. The molecule has 6 nitrogen and oxygen atoms in total. The number of pyridine rings is 1. The number of carbonyl (C=O) groups is 1. The Labute approximate surface area is 159 Å². The highest BCUT2D eigenvalue weighted by atomic mass is 16.2. The number of rotatable bonds is 6. The molecule has 1 atom stereocenters. The Morgan fingerprint density at radius 3 is 2.81 bits per heavy atom. The van der Waals surface area contributed by atoms with Crippen LogP contribution in [0.1, 0.15) is 30.3 Å². The molecule has 0 fully saturated rings. The van der Waals surface area contributed by atoms with Crippen molar-refractivity contribution in [1.29, 1.82) is 0 Å². The highest BCUT2D eigenvalue weighted by Crippen LogP contribution is 2.23. The van der Waals surface area contributed by atoms with E-state index in [4.69, 9.17) is 0 Å². The van der Waals surface area contributed by atoms with Crippen molar-refractivity contribution in [1.82, 2.24) is 24.8 Å². The van der Waals surface area contributed by atoms with Gasteiger partial charge in [0, 0.05) is 25.7 Å². The maximum Gasteiger partial charge on any atom is 0.237 e. The second-order valence-corrected chi connectivity index (χ2v) is 6.99. The number of amides is 1. The second-order valence-electron chi connectivity index (χ2n) is 6.99. The highest BCUT2D eigenvalue weighted by molar-refractivity contribution is 5.82. The average Bonchev–Trinajstić information content (AvgIpc) is 3.13. The molecule has 0 aliphatic carbocycles. The minimum absolute atomic E-state index is 0.0844. The maximum atomic E-state index is 12.8. The molecular weight excluding hydrogens is 338 g/mol. The van der Waals surface area contributed by atoms with Gasteiger partial charge in [0.2, 0.25) is 5.91 Å². The molecule has 1 N–H and O–H groups in total. The monoisotopic (exact) mass is 363 g/mol. The van der Waals surface area contributed by atoms with Gasteiger partial charge in [-0.3, -0.25) is 14.1 Å². The van der Waals surface area contributed by atoms with Gasteiger partial charge in [-0.15, -0.1) is 10.2 Å². The molecule has 0 spiro atoms. The fourth-order valence-electron chi connectivity index (χ4n) is 3.81. The topological polar surface area (TPSA) is 62.5 Å². The predicted molar refractivity (Wildman–Crippen MR) is 104 cm³/mol. The molecule has 1 aliphatic heterocycles. The standard InChI is InChI=1S/C21H25N5O/c1-2-25-15-17-9-4-3-8-16(17)14-18(25)21(27)22-12-7-11-20-24-23-19-10-5-6-13-26(19)20/h3-6,8-10,13,18H,2,7,11-12,14-15H2,1H3,(H,22,27)/t18-/m0/s1. The molecule has 2 aromatic heterocycles. The summed E-state index contributed by atoms with van der Waals surface area (Å²) in [5.74, 6) is 1.05. The van der Waals surface area contributed by atoms with E-state index in [1.54, 1.807) is 0 Å². The molecule has 1 aromatic carbocycles. The lowest BCUT2D eigenvalue weighted by atomic mass is 9.93. The van der Waals surface area contributed by atoms with Crippen LogP contribution < -0.4 is 5.32 Å². The zero-order valence-corrected chi connectivity index (χ0v) is 15.6. The molecule has 0 saturated carbocycles. The Morgan fingerprint density at radius 2 is 1.96 bits per heavy atom. The van der Waals surface area contributed by atoms with Gasteiger partial charge in [0.25, 0.3) is 0 Å². The molecule has 140 valence electrons. The molecule has 6 heteroatoms. The number of hydrogen-bond donors (Lipinski definition) is 1. The molecule has 4 rings (SSSR count). The third-order valence-corrected chi connectivity index (χ3v) is 5.32. The first-order valence-corrected chi connectivity index (χ1v) is 9.63. The maximum absolute atomic E-state index is 12.8. The summed E-state index contributed by atoms with van der Waals surface area (Å²) in [5.41, 5.74) is 3.48. The Hall–Kier alpha value is -2.73. The minimum Gasteiger partial charge on any atom is -0.355 e.